The van der Waals surface area contributed by atoms with Crippen molar-refractivity contribution in [3.63, 3.8) is 0 Å². The first-order valence-electron chi connectivity index (χ1n) is 8.59. The molecule has 25 heavy (non-hydrogen) atoms. The maximum atomic E-state index is 12.2. The number of alkyl halides is 1. The van der Waals surface area contributed by atoms with E-state index in [1.165, 1.54) is 0 Å². The fourth-order valence-electron chi connectivity index (χ4n) is 3.22. The average molecular weight is 360 g/mol. The van der Waals surface area contributed by atoms with Crippen molar-refractivity contribution in [3.8, 4) is 5.75 Å². The Morgan fingerprint density at radius 3 is 2.48 bits per heavy atom. The van der Waals surface area contributed by atoms with Crippen LogP contribution in [0.25, 0.3) is 0 Å². The molecule has 2 aromatic rings. The third-order valence-corrected chi connectivity index (χ3v) is 4.95. The van der Waals surface area contributed by atoms with E-state index in [1.807, 2.05) is 37.3 Å². The predicted molar refractivity (Wildman–Crippen MR) is 99.7 cm³/mol. The number of hydrogen-bond acceptors (Lipinski definition) is 4. The Bertz CT molecular complexity index is 788. The van der Waals surface area contributed by atoms with E-state index in [0.29, 0.717) is 29.0 Å². The lowest BCUT2D eigenvalue weighted by atomic mass is 9.97. The van der Waals surface area contributed by atoms with Crippen LogP contribution in [0, 0.1) is 0 Å². The molecule has 1 heterocycles. The highest BCUT2D eigenvalue weighted by atomic mass is 35.5. The molecule has 3 rings (SSSR count). The maximum absolute atomic E-state index is 12.2. The number of esters is 1. The molecule has 1 atom stereocenters. The van der Waals surface area contributed by atoms with Crippen molar-refractivity contribution in [2.45, 2.75) is 25.8 Å². The fourth-order valence-corrected chi connectivity index (χ4v) is 3.61. The van der Waals surface area contributed by atoms with Gasteiger partial charge < -0.3 is 14.4 Å². The van der Waals surface area contributed by atoms with Crippen LogP contribution < -0.4 is 9.64 Å². The molecule has 0 amide bonds. The summed E-state index contributed by atoms with van der Waals surface area (Å²) in [5.74, 6) is 0.215. The first-order chi connectivity index (χ1) is 12.0. The molecule has 0 spiro atoms. The summed E-state index contributed by atoms with van der Waals surface area (Å²) in [4.78, 5) is 14.5. The van der Waals surface area contributed by atoms with Crippen molar-refractivity contribution < 1.29 is 14.3 Å². The van der Waals surface area contributed by atoms with Crippen LogP contribution in [0.3, 0.4) is 0 Å². The van der Waals surface area contributed by atoms with Crippen LogP contribution >= 0.6 is 11.6 Å². The van der Waals surface area contributed by atoms with Crippen molar-refractivity contribution >= 4 is 23.3 Å². The third-order valence-electron chi connectivity index (χ3n) is 4.47. The van der Waals surface area contributed by atoms with Gasteiger partial charge in [-0.3, -0.25) is 0 Å². The largest absolute Gasteiger partial charge is 0.493 e. The summed E-state index contributed by atoms with van der Waals surface area (Å²) < 4.78 is 11.4. The van der Waals surface area contributed by atoms with Gasteiger partial charge in [0, 0.05) is 30.4 Å². The lowest BCUT2D eigenvalue weighted by molar-refractivity contribution is 0.0360. The molecule has 0 radical (unpaired) electrons. The highest BCUT2D eigenvalue weighted by molar-refractivity contribution is 6.28. The van der Waals surface area contributed by atoms with Gasteiger partial charge in [0.1, 0.15) is 5.75 Å². The van der Waals surface area contributed by atoms with Gasteiger partial charge in [-0.25, -0.2) is 4.79 Å². The molecule has 4 nitrogen and oxygen atoms in total. The molecule has 1 aliphatic rings. The van der Waals surface area contributed by atoms with Crippen molar-refractivity contribution in [3.05, 3.63) is 59.2 Å². The van der Waals surface area contributed by atoms with Gasteiger partial charge in [0.2, 0.25) is 5.06 Å². The number of fused-ring (bicyclic) bond motifs is 1. The minimum absolute atomic E-state index is 0.416. The smallest absolute Gasteiger partial charge is 0.340 e. The second-order valence-corrected chi connectivity index (χ2v) is 6.35. The standard InChI is InChI=1S/C20H22ClNO3/c1-4-22(5-2)14-11-12-17(18(13-14)24-6-3)20(21)16-10-8-7-9-15(16)19(23)25-20/h7-13H,4-6H2,1-3H3. The van der Waals surface area contributed by atoms with E-state index in [2.05, 4.69) is 18.7 Å². The molecule has 0 aliphatic carbocycles. The number of rotatable bonds is 6. The van der Waals surface area contributed by atoms with Gasteiger partial charge in [0.25, 0.3) is 0 Å². The monoisotopic (exact) mass is 359 g/mol. The Balaban J connectivity index is 2.12. The number of anilines is 1. The van der Waals surface area contributed by atoms with E-state index in [4.69, 9.17) is 21.1 Å². The lowest BCUT2D eigenvalue weighted by Gasteiger charge is -2.27. The number of cyclic esters (lactones) is 1. The van der Waals surface area contributed by atoms with Crippen LogP contribution in [-0.2, 0) is 9.80 Å². The van der Waals surface area contributed by atoms with Gasteiger partial charge >= 0.3 is 5.97 Å². The van der Waals surface area contributed by atoms with Gasteiger partial charge in [-0.05, 0) is 39.0 Å². The topological polar surface area (TPSA) is 38.8 Å². The van der Waals surface area contributed by atoms with Gasteiger partial charge in [0.15, 0.2) is 0 Å². The number of ether oxygens (including phenoxy) is 2. The SMILES string of the molecule is CCOc1cc(N(CC)CC)ccc1C1(Cl)OC(=O)c2ccccc21. The van der Waals surface area contributed by atoms with Crippen LogP contribution in [-0.4, -0.2) is 25.7 Å². The van der Waals surface area contributed by atoms with E-state index in [9.17, 15) is 4.79 Å². The number of hydrogen-bond donors (Lipinski definition) is 0. The van der Waals surface area contributed by atoms with Crippen molar-refractivity contribution in [1.82, 2.24) is 0 Å². The number of nitrogens with zero attached hydrogens (tertiary/aromatic N) is 1. The van der Waals surface area contributed by atoms with Crippen molar-refractivity contribution in [1.29, 1.82) is 0 Å². The summed E-state index contributed by atoms with van der Waals surface area (Å²) in [6.45, 7) is 8.42. The number of benzene rings is 2. The van der Waals surface area contributed by atoms with Crippen LogP contribution in [0.15, 0.2) is 42.5 Å². The molecular weight excluding hydrogens is 338 g/mol. The Morgan fingerprint density at radius 1 is 1.08 bits per heavy atom. The Morgan fingerprint density at radius 2 is 1.80 bits per heavy atom. The summed E-state index contributed by atoms with van der Waals surface area (Å²) >= 11 is 6.83. The molecule has 0 saturated heterocycles. The highest BCUT2D eigenvalue weighted by Crippen LogP contribution is 2.48. The summed E-state index contributed by atoms with van der Waals surface area (Å²) in [6.07, 6.45) is 0. The zero-order valence-electron chi connectivity index (χ0n) is 14.7. The van der Waals surface area contributed by atoms with Gasteiger partial charge in [-0.15, -0.1) is 0 Å². The van der Waals surface area contributed by atoms with E-state index >= 15 is 0 Å². The molecule has 0 saturated carbocycles. The lowest BCUT2D eigenvalue weighted by Crippen LogP contribution is -2.24. The minimum Gasteiger partial charge on any atom is -0.493 e. The molecule has 0 aromatic heterocycles. The minimum atomic E-state index is -1.36. The molecule has 0 N–H and O–H groups in total. The summed E-state index contributed by atoms with van der Waals surface area (Å²) in [5.41, 5.74) is 2.84. The summed E-state index contributed by atoms with van der Waals surface area (Å²) in [5, 5.41) is -1.36. The molecule has 5 heteroatoms. The number of carbonyl (C=O) groups excluding carboxylic acids is 1. The first kappa shape index (κ1) is 17.6. The second-order valence-electron chi connectivity index (χ2n) is 5.82. The molecule has 1 unspecified atom stereocenters. The van der Waals surface area contributed by atoms with E-state index in [0.717, 1.165) is 18.8 Å². The Hall–Kier alpha value is -2.20. The van der Waals surface area contributed by atoms with E-state index in [-0.39, 0.29) is 0 Å². The number of carbonyl (C=O) groups is 1. The summed E-state index contributed by atoms with van der Waals surface area (Å²) in [7, 11) is 0. The van der Waals surface area contributed by atoms with Gasteiger partial charge in [0.05, 0.1) is 17.7 Å². The number of halogens is 1. The molecular formula is C20H22ClNO3. The first-order valence-corrected chi connectivity index (χ1v) is 8.96. The van der Waals surface area contributed by atoms with E-state index < -0.39 is 11.0 Å². The fraction of sp³-hybridized carbons (Fsp3) is 0.350. The molecule has 2 aromatic carbocycles. The third kappa shape index (κ3) is 2.95. The Labute approximate surface area is 153 Å². The van der Waals surface area contributed by atoms with Crippen LogP contribution in [0.2, 0.25) is 0 Å². The maximum Gasteiger partial charge on any atom is 0.340 e. The van der Waals surface area contributed by atoms with Crippen molar-refractivity contribution in [2.24, 2.45) is 0 Å². The average Bonchev–Trinajstić information content (AvgIpc) is 2.89. The molecule has 0 bridgehead atoms. The predicted octanol–water partition coefficient (Wildman–Crippen LogP) is 4.54. The molecule has 1 aliphatic heterocycles. The highest BCUT2D eigenvalue weighted by Gasteiger charge is 2.47. The van der Waals surface area contributed by atoms with Crippen molar-refractivity contribution in [2.75, 3.05) is 24.6 Å². The van der Waals surface area contributed by atoms with E-state index in [1.54, 1.807) is 12.1 Å². The van der Waals surface area contributed by atoms with Crippen LogP contribution in [0.4, 0.5) is 5.69 Å². The molecule has 0 fully saturated rings. The normalized spacial score (nSPS) is 18.6. The van der Waals surface area contributed by atoms with Crippen LogP contribution in [0.5, 0.6) is 5.75 Å². The van der Waals surface area contributed by atoms with Crippen LogP contribution in [0.1, 0.15) is 42.3 Å². The Kier molecular flexibility index (Phi) is 4.91. The van der Waals surface area contributed by atoms with Gasteiger partial charge in [-0.1, -0.05) is 29.8 Å². The second kappa shape index (κ2) is 6.96. The quantitative estimate of drug-likeness (QED) is 0.560. The van der Waals surface area contributed by atoms with Gasteiger partial charge in [-0.2, -0.15) is 0 Å². The molecule has 132 valence electrons. The zero-order valence-corrected chi connectivity index (χ0v) is 15.5. The summed E-state index contributed by atoms with van der Waals surface area (Å²) in [6, 6.07) is 13.0. The zero-order chi connectivity index (χ0) is 18.0.